The summed E-state index contributed by atoms with van der Waals surface area (Å²) in [4.78, 5) is 11.3. The van der Waals surface area contributed by atoms with Gasteiger partial charge in [0.25, 0.3) is 0 Å². The Balaban J connectivity index is 3.74. The first-order chi connectivity index (χ1) is 7.63. The van der Waals surface area contributed by atoms with Gasteiger partial charge in [0.2, 0.25) is 0 Å². The molecule has 0 heterocycles. The third-order valence-corrected chi connectivity index (χ3v) is 2.45. The molecule has 0 radical (unpaired) electrons. The molecule has 0 rings (SSSR count). The minimum Gasteiger partial charge on any atom is -0.390 e. The van der Waals surface area contributed by atoms with Crippen LogP contribution in [0.5, 0.6) is 0 Å². The first-order valence-electron chi connectivity index (χ1n) is 5.97. The number of aliphatic hydroxyl groups is 1. The van der Waals surface area contributed by atoms with Crippen LogP contribution < -0.4 is 0 Å². The molecule has 2 atom stereocenters. The summed E-state index contributed by atoms with van der Waals surface area (Å²) >= 11 is 0. The van der Waals surface area contributed by atoms with Crippen LogP contribution in [-0.2, 0) is 14.3 Å². The standard InChI is InChI=1S/C12H24O4/c1-4-6-11(10(3)13)12(14)9-16-8-7-15-5-2/h11-12,14H,4-9H2,1-3H3. The number of carbonyl (C=O) groups excluding carboxylic acids is 1. The maximum absolute atomic E-state index is 11.3. The molecule has 0 aliphatic heterocycles. The second-order valence-electron chi connectivity index (χ2n) is 3.85. The molecule has 0 bridgehead atoms. The van der Waals surface area contributed by atoms with Crippen molar-refractivity contribution in [2.75, 3.05) is 26.4 Å². The van der Waals surface area contributed by atoms with E-state index in [-0.39, 0.29) is 18.3 Å². The zero-order valence-corrected chi connectivity index (χ0v) is 10.6. The molecular formula is C12H24O4. The average molecular weight is 232 g/mol. The van der Waals surface area contributed by atoms with E-state index in [1.807, 2.05) is 13.8 Å². The van der Waals surface area contributed by atoms with Crippen molar-refractivity contribution < 1.29 is 19.4 Å². The second kappa shape index (κ2) is 9.75. The van der Waals surface area contributed by atoms with Gasteiger partial charge >= 0.3 is 0 Å². The minimum absolute atomic E-state index is 0.0303. The van der Waals surface area contributed by atoms with Crippen LogP contribution in [0, 0.1) is 5.92 Å². The van der Waals surface area contributed by atoms with Crippen LogP contribution in [0.3, 0.4) is 0 Å². The van der Waals surface area contributed by atoms with Gasteiger partial charge in [-0.05, 0) is 20.3 Å². The van der Waals surface area contributed by atoms with Crippen molar-refractivity contribution in [2.45, 2.75) is 39.7 Å². The van der Waals surface area contributed by atoms with E-state index < -0.39 is 6.10 Å². The highest BCUT2D eigenvalue weighted by Crippen LogP contribution is 2.13. The third kappa shape index (κ3) is 6.93. The Morgan fingerprint density at radius 3 is 2.38 bits per heavy atom. The number of carbonyl (C=O) groups is 1. The molecule has 0 aliphatic rings. The Bertz CT molecular complexity index is 182. The smallest absolute Gasteiger partial charge is 0.135 e. The summed E-state index contributed by atoms with van der Waals surface area (Å²) in [6.45, 7) is 7.29. The van der Waals surface area contributed by atoms with Crippen molar-refractivity contribution in [3.63, 3.8) is 0 Å². The first-order valence-corrected chi connectivity index (χ1v) is 5.97. The van der Waals surface area contributed by atoms with Gasteiger partial charge in [0.1, 0.15) is 5.78 Å². The number of rotatable bonds is 10. The normalized spacial score (nSPS) is 14.8. The third-order valence-electron chi connectivity index (χ3n) is 2.45. The molecule has 0 aromatic rings. The van der Waals surface area contributed by atoms with Crippen molar-refractivity contribution in [1.29, 1.82) is 0 Å². The van der Waals surface area contributed by atoms with E-state index in [0.29, 0.717) is 26.2 Å². The van der Waals surface area contributed by atoms with E-state index >= 15 is 0 Å². The number of aliphatic hydroxyl groups excluding tert-OH is 1. The van der Waals surface area contributed by atoms with Crippen molar-refractivity contribution in [1.82, 2.24) is 0 Å². The lowest BCUT2D eigenvalue weighted by Gasteiger charge is -2.19. The van der Waals surface area contributed by atoms with E-state index in [1.165, 1.54) is 6.92 Å². The molecule has 0 fully saturated rings. The lowest BCUT2D eigenvalue weighted by atomic mass is 9.94. The highest BCUT2D eigenvalue weighted by atomic mass is 16.5. The van der Waals surface area contributed by atoms with Crippen LogP contribution in [0.1, 0.15) is 33.6 Å². The van der Waals surface area contributed by atoms with Crippen LogP contribution in [0.2, 0.25) is 0 Å². The van der Waals surface area contributed by atoms with E-state index in [2.05, 4.69) is 0 Å². The first kappa shape index (κ1) is 15.6. The van der Waals surface area contributed by atoms with E-state index in [1.54, 1.807) is 0 Å². The molecule has 0 aromatic heterocycles. The van der Waals surface area contributed by atoms with Crippen LogP contribution >= 0.6 is 0 Å². The second-order valence-corrected chi connectivity index (χ2v) is 3.85. The number of ether oxygens (including phenoxy) is 2. The molecule has 16 heavy (non-hydrogen) atoms. The van der Waals surface area contributed by atoms with Gasteiger partial charge in [0.15, 0.2) is 0 Å². The lowest BCUT2D eigenvalue weighted by molar-refractivity contribution is -0.126. The molecule has 96 valence electrons. The van der Waals surface area contributed by atoms with Gasteiger partial charge in [-0.1, -0.05) is 13.3 Å². The lowest BCUT2D eigenvalue weighted by Crippen LogP contribution is -2.31. The van der Waals surface area contributed by atoms with Crippen LogP contribution in [0.4, 0.5) is 0 Å². The van der Waals surface area contributed by atoms with Crippen molar-refractivity contribution in [3.8, 4) is 0 Å². The van der Waals surface area contributed by atoms with E-state index in [9.17, 15) is 9.90 Å². The minimum atomic E-state index is -0.695. The number of Topliss-reactive ketones (excluding diaryl/α,β-unsaturated/α-hetero) is 1. The molecule has 0 amide bonds. The largest absolute Gasteiger partial charge is 0.390 e. The predicted molar refractivity (Wildman–Crippen MR) is 62.4 cm³/mol. The molecule has 0 saturated heterocycles. The molecule has 4 heteroatoms. The molecule has 2 unspecified atom stereocenters. The van der Waals surface area contributed by atoms with Gasteiger partial charge in [0, 0.05) is 12.5 Å². The fourth-order valence-electron chi connectivity index (χ4n) is 1.56. The van der Waals surface area contributed by atoms with Gasteiger partial charge < -0.3 is 14.6 Å². The summed E-state index contributed by atoms with van der Waals surface area (Å²) < 4.78 is 10.3. The molecule has 0 aliphatic carbocycles. The Hall–Kier alpha value is -0.450. The highest BCUT2D eigenvalue weighted by molar-refractivity contribution is 5.78. The van der Waals surface area contributed by atoms with E-state index in [0.717, 1.165) is 6.42 Å². The Labute approximate surface area is 97.9 Å². The quantitative estimate of drug-likeness (QED) is 0.579. The highest BCUT2D eigenvalue weighted by Gasteiger charge is 2.22. The summed E-state index contributed by atoms with van der Waals surface area (Å²) in [7, 11) is 0. The molecule has 0 spiro atoms. The van der Waals surface area contributed by atoms with Crippen LogP contribution in [0.25, 0.3) is 0 Å². The van der Waals surface area contributed by atoms with Gasteiger partial charge in [-0.25, -0.2) is 0 Å². The SMILES string of the molecule is CCCC(C(C)=O)C(O)COCCOCC. The summed E-state index contributed by atoms with van der Waals surface area (Å²) in [5, 5.41) is 9.78. The number of ketones is 1. The van der Waals surface area contributed by atoms with Crippen molar-refractivity contribution in [3.05, 3.63) is 0 Å². The summed E-state index contributed by atoms with van der Waals surface area (Å²) in [5.41, 5.74) is 0. The molecule has 1 N–H and O–H groups in total. The van der Waals surface area contributed by atoms with Crippen LogP contribution in [-0.4, -0.2) is 43.4 Å². The van der Waals surface area contributed by atoms with E-state index in [4.69, 9.17) is 9.47 Å². The fourth-order valence-corrected chi connectivity index (χ4v) is 1.56. The molecule has 0 aromatic carbocycles. The Morgan fingerprint density at radius 2 is 1.88 bits per heavy atom. The van der Waals surface area contributed by atoms with Gasteiger partial charge in [-0.2, -0.15) is 0 Å². The summed E-state index contributed by atoms with van der Waals surface area (Å²) in [6, 6.07) is 0. The van der Waals surface area contributed by atoms with Crippen molar-refractivity contribution >= 4 is 5.78 Å². The van der Waals surface area contributed by atoms with Gasteiger partial charge in [-0.3, -0.25) is 4.79 Å². The van der Waals surface area contributed by atoms with Gasteiger partial charge in [-0.15, -0.1) is 0 Å². The number of hydrogen-bond acceptors (Lipinski definition) is 4. The topological polar surface area (TPSA) is 55.8 Å². The maximum Gasteiger partial charge on any atom is 0.135 e. The Morgan fingerprint density at radius 1 is 1.25 bits per heavy atom. The summed E-state index contributed by atoms with van der Waals surface area (Å²) in [6.07, 6.45) is 0.907. The number of hydrogen-bond donors (Lipinski definition) is 1. The fraction of sp³-hybridized carbons (Fsp3) is 0.917. The zero-order valence-electron chi connectivity index (χ0n) is 10.6. The van der Waals surface area contributed by atoms with Crippen LogP contribution in [0.15, 0.2) is 0 Å². The Kier molecular flexibility index (Phi) is 9.48. The molecule has 4 nitrogen and oxygen atoms in total. The molecule has 0 saturated carbocycles. The monoisotopic (exact) mass is 232 g/mol. The summed E-state index contributed by atoms with van der Waals surface area (Å²) in [5.74, 6) is -0.264. The predicted octanol–water partition coefficient (Wildman–Crippen LogP) is 1.41. The average Bonchev–Trinajstić information content (AvgIpc) is 2.24. The zero-order chi connectivity index (χ0) is 12.4. The molecular weight excluding hydrogens is 208 g/mol. The maximum atomic E-state index is 11.3. The van der Waals surface area contributed by atoms with Gasteiger partial charge in [0.05, 0.1) is 25.9 Å². The van der Waals surface area contributed by atoms with Crippen molar-refractivity contribution in [2.24, 2.45) is 5.92 Å².